The van der Waals surface area contributed by atoms with E-state index in [1.165, 1.54) is 12.4 Å². The van der Waals surface area contributed by atoms with Crippen molar-refractivity contribution < 1.29 is 9.59 Å². The standard InChI is InChI=1S/C13H18ClN3O2/c1-13(2,6-4-11(18)15-3)17-12(19)9-5-7-16-8-10(9)14/h5,7-8H,4,6H2,1-3H3,(H,15,18)(H,17,19). The van der Waals surface area contributed by atoms with Crippen molar-refractivity contribution in [2.75, 3.05) is 7.05 Å². The number of carbonyl (C=O) groups excluding carboxylic acids is 2. The Balaban J connectivity index is 2.65. The zero-order valence-electron chi connectivity index (χ0n) is 11.3. The molecule has 0 fully saturated rings. The third-order valence-electron chi connectivity index (χ3n) is 2.72. The first kappa shape index (κ1) is 15.4. The van der Waals surface area contributed by atoms with Gasteiger partial charge in [0.05, 0.1) is 10.6 Å². The molecule has 1 aromatic rings. The molecule has 0 spiro atoms. The average Bonchev–Trinajstić information content (AvgIpc) is 2.36. The topological polar surface area (TPSA) is 71.1 Å². The van der Waals surface area contributed by atoms with Crippen LogP contribution in [0.5, 0.6) is 0 Å². The van der Waals surface area contributed by atoms with E-state index >= 15 is 0 Å². The van der Waals surface area contributed by atoms with Crippen LogP contribution in [0.15, 0.2) is 18.5 Å². The van der Waals surface area contributed by atoms with E-state index in [1.54, 1.807) is 13.1 Å². The molecular weight excluding hydrogens is 266 g/mol. The van der Waals surface area contributed by atoms with Gasteiger partial charge in [0.25, 0.3) is 5.91 Å². The number of pyridine rings is 1. The van der Waals surface area contributed by atoms with Crippen molar-refractivity contribution in [3.8, 4) is 0 Å². The summed E-state index contributed by atoms with van der Waals surface area (Å²) in [6.45, 7) is 3.73. The van der Waals surface area contributed by atoms with Crippen molar-refractivity contribution >= 4 is 23.4 Å². The molecular formula is C13H18ClN3O2. The van der Waals surface area contributed by atoms with E-state index < -0.39 is 5.54 Å². The lowest BCUT2D eigenvalue weighted by atomic mass is 9.97. The second-order valence-electron chi connectivity index (χ2n) is 4.87. The lowest BCUT2D eigenvalue weighted by Crippen LogP contribution is -2.44. The Kier molecular flexibility index (Phi) is 5.30. The number of hydrogen-bond donors (Lipinski definition) is 2. The predicted octanol–water partition coefficient (Wildman–Crippen LogP) is 1.77. The minimum atomic E-state index is -0.490. The number of nitrogens with one attached hydrogen (secondary N) is 2. The van der Waals surface area contributed by atoms with Gasteiger partial charge in [-0.25, -0.2) is 0 Å². The van der Waals surface area contributed by atoms with Crippen molar-refractivity contribution in [1.29, 1.82) is 0 Å². The summed E-state index contributed by atoms with van der Waals surface area (Å²) in [6, 6.07) is 1.56. The molecule has 0 aliphatic carbocycles. The highest BCUT2D eigenvalue weighted by Gasteiger charge is 2.23. The van der Waals surface area contributed by atoms with Gasteiger partial charge in [-0.2, -0.15) is 0 Å². The third kappa shape index (κ3) is 4.87. The monoisotopic (exact) mass is 283 g/mol. The summed E-state index contributed by atoms with van der Waals surface area (Å²) in [7, 11) is 1.59. The van der Waals surface area contributed by atoms with Gasteiger partial charge in [0.2, 0.25) is 5.91 Å². The minimum absolute atomic E-state index is 0.0516. The lowest BCUT2D eigenvalue weighted by molar-refractivity contribution is -0.121. The van der Waals surface area contributed by atoms with Gasteiger partial charge < -0.3 is 10.6 Å². The molecule has 1 aromatic heterocycles. The van der Waals surface area contributed by atoms with E-state index in [2.05, 4.69) is 15.6 Å². The summed E-state index contributed by atoms with van der Waals surface area (Å²) in [5.41, 5.74) is -0.111. The summed E-state index contributed by atoms with van der Waals surface area (Å²) in [5.74, 6) is -0.321. The molecule has 0 aliphatic rings. The van der Waals surface area contributed by atoms with E-state index in [0.717, 1.165) is 0 Å². The van der Waals surface area contributed by atoms with Crippen LogP contribution in [-0.2, 0) is 4.79 Å². The fraction of sp³-hybridized carbons (Fsp3) is 0.462. The Hall–Kier alpha value is -1.62. The third-order valence-corrected chi connectivity index (χ3v) is 3.03. The molecule has 1 heterocycles. The number of amides is 2. The van der Waals surface area contributed by atoms with Crippen LogP contribution in [0.3, 0.4) is 0 Å². The van der Waals surface area contributed by atoms with Gasteiger partial charge in [0.15, 0.2) is 0 Å². The summed E-state index contributed by atoms with van der Waals surface area (Å²) < 4.78 is 0. The van der Waals surface area contributed by atoms with E-state index in [4.69, 9.17) is 11.6 Å². The van der Waals surface area contributed by atoms with Gasteiger partial charge in [-0.05, 0) is 26.3 Å². The van der Waals surface area contributed by atoms with E-state index in [-0.39, 0.29) is 11.8 Å². The highest BCUT2D eigenvalue weighted by Crippen LogP contribution is 2.16. The Morgan fingerprint density at radius 1 is 1.42 bits per heavy atom. The first-order valence-electron chi connectivity index (χ1n) is 5.98. The molecule has 2 amide bonds. The maximum atomic E-state index is 12.1. The molecule has 1 rings (SSSR count). The lowest BCUT2D eigenvalue weighted by Gasteiger charge is -2.26. The SMILES string of the molecule is CNC(=O)CCC(C)(C)NC(=O)c1ccncc1Cl. The molecule has 0 saturated heterocycles. The number of carbonyl (C=O) groups is 2. The van der Waals surface area contributed by atoms with Crippen molar-refractivity contribution in [3.63, 3.8) is 0 Å². The van der Waals surface area contributed by atoms with E-state index in [9.17, 15) is 9.59 Å². The number of hydrogen-bond acceptors (Lipinski definition) is 3. The Labute approximate surface area is 117 Å². The molecule has 104 valence electrons. The van der Waals surface area contributed by atoms with Crippen LogP contribution in [0.4, 0.5) is 0 Å². The number of nitrogens with zero attached hydrogens (tertiary/aromatic N) is 1. The summed E-state index contributed by atoms with van der Waals surface area (Å²) in [6.07, 6.45) is 3.83. The molecule has 0 saturated carbocycles. The van der Waals surface area contributed by atoms with Crippen molar-refractivity contribution in [1.82, 2.24) is 15.6 Å². The number of halogens is 1. The molecule has 6 heteroatoms. The van der Waals surface area contributed by atoms with E-state index in [1.807, 2.05) is 13.8 Å². The highest BCUT2D eigenvalue weighted by molar-refractivity contribution is 6.33. The van der Waals surface area contributed by atoms with Crippen LogP contribution in [0.25, 0.3) is 0 Å². The molecule has 5 nitrogen and oxygen atoms in total. The molecule has 19 heavy (non-hydrogen) atoms. The molecule has 0 radical (unpaired) electrons. The Bertz CT molecular complexity index is 475. The number of rotatable bonds is 5. The first-order chi connectivity index (χ1) is 8.85. The molecule has 0 bridgehead atoms. The van der Waals surface area contributed by atoms with Gasteiger partial charge in [0, 0.05) is 31.4 Å². The van der Waals surface area contributed by atoms with Crippen LogP contribution < -0.4 is 10.6 Å². The van der Waals surface area contributed by atoms with Gasteiger partial charge in [-0.1, -0.05) is 11.6 Å². The molecule has 0 atom stereocenters. The quantitative estimate of drug-likeness (QED) is 0.865. The predicted molar refractivity (Wildman–Crippen MR) is 74.1 cm³/mol. The van der Waals surface area contributed by atoms with Gasteiger partial charge in [-0.15, -0.1) is 0 Å². The van der Waals surface area contributed by atoms with Gasteiger partial charge in [0.1, 0.15) is 0 Å². The normalized spacial score (nSPS) is 10.9. The van der Waals surface area contributed by atoms with Gasteiger partial charge in [-0.3, -0.25) is 14.6 Å². The molecule has 0 aromatic carbocycles. The molecule has 0 aliphatic heterocycles. The van der Waals surface area contributed by atoms with Crippen LogP contribution in [0.2, 0.25) is 5.02 Å². The minimum Gasteiger partial charge on any atom is -0.359 e. The largest absolute Gasteiger partial charge is 0.359 e. The zero-order chi connectivity index (χ0) is 14.5. The second kappa shape index (κ2) is 6.52. The maximum Gasteiger partial charge on any atom is 0.253 e. The maximum absolute atomic E-state index is 12.1. The van der Waals surface area contributed by atoms with Crippen LogP contribution in [-0.4, -0.2) is 29.4 Å². The van der Waals surface area contributed by atoms with Crippen LogP contribution >= 0.6 is 11.6 Å². The van der Waals surface area contributed by atoms with Crippen molar-refractivity contribution in [2.24, 2.45) is 0 Å². The fourth-order valence-electron chi connectivity index (χ4n) is 1.55. The smallest absolute Gasteiger partial charge is 0.253 e. The van der Waals surface area contributed by atoms with Gasteiger partial charge >= 0.3 is 0 Å². The second-order valence-corrected chi connectivity index (χ2v) is 5.27. The Morgan fingerprint density at radius 2 is 2.11 bits per heavy atom. The summed E-state index contributed by atoms with van der Waals surface area (Å²) >= 11 is 5.91. The highest BCUT2D eigenvalue weighted by atomic mass is 35.5. The average molecular weight is 284 g/mol. The summed E-state index contributed by atoms with van der Waals surface area (Å²) in [4.78, 5) is 27.1. The van der Waals surface area contributed by atoms with Crippen LogP contribution in [0.1, 0.15) is 37.0 Å². The van der Waals surface area contributed by atoms with Crippen molar-refractivity contribution in [2.45, 2.75) is 32.2 Å². The molecule has 0 unspecified atom stereocenters. The van der Waals surface area contributed by atoms with Crippen LogP contribution in [0, 0.1) is 0 Å². The Morgan fingerprint density at radius 3 is 2.68 bits per heavy atom. The van der Waals surface area contributed by atoms with Crippen molar-refractivity contribution in [3.05, 3.63) is 29.0 Å². The number of aromatic nitrogens is 1. The summed E-state index contributed by atoms with van der Waals surface area (Å²) in [5, 5.41) is 5.72. The fourth-order valence-corrected chi connectivity index (χ4v) is 1.75. The molecule has 2 N–H and O–H groups in total. The zero-order valence-corrected chi connectivity index (χ0v) is 12.0. The van der Waals surface area contributed by atoms with E-state index in [0.29, 0.717) is 23.4 Å². The first-order valence-corrected chi connectivity index (χ1v) is 6.36.